The van der Waals surface area contributed by atoms with Crippen molar-refractivity contribution in [2.24, 2.45) is 0 Å². The third-order valence-corrected chi connectivity index (χ3v) is 7.30. The molecule has 1 atom stereocenters. The minimum atomic E-state index is -0.463. The summed E-state index contributed by atoms with van der Waals surface area (Å²) in [6, 6.07) is 15.5. The largest absolute Gasteiger partial charge is 0.352 e. The first-order chi connectivity index (χ1) is 15.5. The topological polar surface area (TPSA) is 49.4 Å². The Morgan fingerprint density at radius 3 is 2.59 bits per heavy atom. The fourth-order valence-electron chi connectivity index (χ4n) is 4.22. The van der Waals surface area contributed by atoms with Crippen LogP contribution in [0.3, 0.4) is 0 Å². The van der Waals surface area contributed by atoms with Gasteiger partial charge in [0, 0.05) is 23.4 Å². The summed E-state index contributed by atoms with van der Waals surface area (Å²) in [6.07, 6.45) is 4.98. The van der Waals surface area contributed by atoms with Crippen LogP contribution in [0.5, 0.6) is 0 Å². The molecule has 1 saturated carbocycles. The van der Waals surface area contributed by atoms with Gasteiger partial charge in [0.15, 0.2) is 0 Å². The van der Waals surface area contributed by atoms with Crippen LogP contribution in [0, 0.1) is 6.92 Å². The quantitative estimate of drug-likeness (QED) is 0.479. The van der Waals surface area contributed by atoms with Gasteiger partial charge in [-0.1, -0.05) is 67.8 Å². The third-order valence-electron chi connectivity index (χ3n) is 6.07. The molecule has 0 bridgehead atoms. The Morgan fingerprint density at radius 2 is 1.91 bits per heavy atom. The molecule has 0 aliphatic heterocycles. The number of nitrogens with zero attached hydrogens (tertiary/aromatic N) is 1. The summed E-state index contributed by atoms with van der Waals surface area (Å²) in [5.41, 5.74) is 3.29. The van der Waals surface area contributed by atoms with Crippen molar-refractivity contribution in [2.45, 2.75) is 70.3 Å². The molecule has 6 heteroatoms. The molecule has 0 radical (unpaired) electrons. The standard InChI is InChI=1S/C26H33ClN2O2S/c1-3-24(26(31)28-23-13-6-7-14-23)29(16-21-11-5-4-9-19(21)2)25(30)18-32-17-20-10-8-12-22(27)15-20/h4-5,8-12,15,23-24H,3,6-7,13-14,16-18H2,1-2H3,(H,28,31). The second-order valence-corrected chi connectivity index (χ2v) is 9.91. The maximum Gasteiger partial charge on any atom is 0.243 e. The molecule has 2 aromatic carbocycles. The maximum atomic E-state index is 13.4. The van der Waals surface area contributed by atoms with E-state index in [0.717, 1.165) is 42.4 Å². The molecule has 172 valence electrons. The van der Waals surface area contributed by atoms with E-state index in [1.54, 1.807) is 16.7 Å². The fourth-order valence-corrected chi connectivity index (χ4v) is 5.29. The molecule has 1 unspecified atom stereocenters. The average Bonchev–Trinajstić information content (AvgIpc) is 3.28. The Hall–Kier alpha value is -1.98. The first kappa shape index (κ1) is 24.7. The Labute approximate surface area is 201 Å². The number of nitrogens with one attached hydrogen (secondary N) is 1. The minimum absolute atomic E-state index is 0.00583. The lowest BCUT2D eigenvalue weighted by molar-refractivity contribution is -0.139. The molecule has 0 heterocycles. The van der Waals surface area contributed by atoms with Crippen LogP contribution < -0.4 is 5.32 Å². The van der Waals surface area contributed by atoms with Crippen LogP contribution in [-0.2, 0) is 21.9 Å². The van der Waals surface area contributed by atoms with Crippen molar-refractivity contribution in [1.82, 2.24) is 10.2 Å². The number of benzene rings is 2. The van der Waals surface area contributed by atoms with E-state index in [2.05, 4.69) is 5.32 Å². The van der Waals surface area contributed by atoms with E-state index in [0.29, 0.717) is 29.5 Å². The van der Waals surface area contributed by atoms with Crippen molar-refractivity contribution in [3.8, 4) is 0 Å². The molecule has 32 heavy (non-hydrogen) atoms. The number of carbonyl (C=O) groups excluding carboxylic acids is 2. The molecule has 3 rings (SSSR count). The van der Waals surface area contributed by atoms with Crippen molar-refractivity contribution >= 4 is 35.2 Å². The van der Waals surface area contributed by atoms with E-state index < -0.39 is 6.04 Å². The number of rotatable bonds is 10. The average molecular weight is 473 g/mol. The molecular weight excluding hydrogens is 440 g/mol. The summed E-state index contributed by atoms with van der Waals surface area (Å²) < 4.78 is 0. The summed E-state index contributed by atoms with van der Waals surface area (Å²) >= 11 is 7.64. The molecule has 0 spiro atoms. The van der Waals surface area contributed by atoms with Crippen LogP contribution in [0.25, 0.3) is 0 Å². The highest BCUT2D eigenvalue weighted by Crippen LogP contribution is 2.22. The lowest BCUT2D eigenvalue weighted by atomic mass is 10.1. The predicted molar refractivity (Wildman–Crippen MR) is 134 cm³/mol. The fraction of sp³-hybridized carbons (Fsp3) is 0.462. The molecule has 1 aliphatic rings. The number of aryl methyl sites for hydroxylation is 1. The van der Waals surface area contributed by atoms with E-state index in [1.165, 1.54) is 0 Å². The van der Waals surface area contributed by atoms with Gasteiger partial charge in [-0.25, -0.2) is 0 Å². The first-order valence-electron chi connectivity index (χ1n) is 11.4. The number of amides is 2. The van der Waals surface area contributed by atoms with Crippen molar-refractivity contribution in [3.05, 3.63) is 70.2 Å². The van der Waals surface area contributed by atoms with Crippen molar-refractivity contribution in [2.75, 3.05) is 5.75 Å². The number of hydrogen-bond acceptors (Lipinski definition) is 3. The van der Waals surface area contributed by atoms with Crippen molar-refractivity contribution in [3.63, 3.8) is 0 Å². The molecule has 2 aromatic rings. The summed E-state index contributed by atoms with van der Waals surface area (Å²) in [5.74, 6) is 0.996. The Balaban J connectivity index is 1.71. The van der Waals surface area contributed by atoms with Gasteiger partial charge < -0.3 is 10.2 Å². The van der Waals surface area contributed by atoms with Gasteiger partial charge in [0.1, 0.15) is 6.04 Å². The zero-order valence-electron chi connectivity index (χ0n) is 19.0. The lowest BCUT2D eigenvalue weighted by Crippen LogP contribution is -2.51. The summed E-state index contributed by atoms with van der Waals surface area (Å²) in [7, 11) is 0. The highest BCUT2D eigenvalue weighted by atomic mass is 35.5. The van der Waals surface area contributed by atoms with Crippen LogP contribution in [0.4, 0.5) is 0 Å². The monoisotopic (exact) mass is 472 g/mol. The molecular formula is C26H33ClN2O2S. The van der Waals surface area contributed by atoms with Gasteiger partial charge in [-0.15, -0.1) is 11.8 Å². The van der Waals surface area contributed by atoms with Crippen molar-refractivity contribution < 1.29 is 9.59 Å². The van der Waals surface area contributed by atoms with Crippen LogP contribution in [0.1, 0.15) is 55.7 Å². The second kappa shape index (κ2) is 12.3. The van der Waals surface area contributed by atoms with Crippen LogP contribution in [-0.4, -0.2) is 34.6 Å². The van der Waals surface area contributed by atoms with Crippen LogP contribution in [0.2, 0.25) is 5.02 Å². The molecule has 1 aliphatic carbocycles. The minimum Gasteiger partial charge on any atom is -0.352 e. The highest BCUT2D eigenvalue weighted by molar-refractivity contribution is 7.99. The van der Waals surface area contributed by atoms with E-state index in [-0.39, 0.29) is 17.9 Å². The summed E-state index contributed by atoms with van der Waals surface area (Å²) in [5, 5.41) is 3.90. The summed E-state index contributed by atoms with van der Waals surface area (Å²) in [6.45, 7) is 4.47. The van der Waals surface area contributed by atoms with Gasteiger partial charge >= 0.3 is 0 Å². The van der Waals surface area contributed by atoms with Crippen LogP contribution >= 0.6 is 23.4 Å². The van der Waals surface area contributed by atoms with Gasteiger partial charge in [-0.2, -0.15) is 0 Å². The normalized spacial score (nSPS) is 14.8. The zero-order valence-corrected chi connectivity index (χ0v) is 20.6. The Bertz CT molecular complexity index is 914. The van der Waals surface area contributed by atoms with E-state index in [4.69, 9.17) is 11.6 Å². The van der Waals surface area contributed by atoms with E-state index in [9.17, 15) is 9.59 Å². The number of carbonyl (C=O) groups is 2. The van der Waals surface area contributed by atoms with Gasteiger partial charge in [0.2, 0.25) is 11.8 Å². The van der Waals surface area contributed by atoms with E-state index in [1.807, 2.05) is 62.4 Å². The highest BCUT2D eigenvalue weighted by Gasteiger charge is 2.30. The van der Waals surface area contributed by atoms with Gasteiger partial charge in [0.25, 0.3) is 0 Å². The van der Waals surface area contributed by atoms with Crippen LogP contribution in [0.15, 0.2) is 48.5 Å². The van der Waals surface area contributed by atoms with E-state index >= 15 is 0 Å². The molecule has 4 nitrogen and oxygen atoms in total. The molecule has 0 aromatic heterocycles. The smallest absolute Gasteiger partial charge is 0.243 e. The SMILES string of the molecule is CCC(C(=O)NC1CCCC1)N(Cc1ccccc1C)C(=O)CSCc1cccc(Cl)c1. The molecule has 2 amide bonds. The van der Waals surface area contributed by atoms with Gasteiger partial charge in [-0.3, -0.25) is 9.59 Å². The third kappa shape index (κ3) is 7.01. The summed E-state index contributed by atoms with van der Waals surface area (Å²) in [4.78, 5) is 28.3. The Morgan fingerprint density at radius 1 is 1.16 bits per heavy atom. The molecule has 1 N–H and O–H groups in total. The number of thioether (sulfide) groups is 1. The zero-order chi connectivity index (χ0) is 22.9. The lowest BCUT2D eigenvalue weighted by Gasteiger charge is -2.32. The second-order valence-electron chi connectivity index (χ2n) is 8.48. The molecule has 1 fully saturated rings. The van der Waals surface area contributed by atoms with Crippen molar-refractivity contribution in [1.29, 1.82) is 0 Å². The Kier molecular flexibility index (Phi) is 9.49. The van der Waals surface area contributed by atoms with Gasteiger partial charge in [-0.05, 0) is 55.0 Å². The maximum absolute atomic E-state index is 13.4. The van der Waals surface area contributed by atoms with Gasteiger partial charge in [0.05, 0.1) is 5.75 Å². The molecule has 0 saturated heterocycles. The predicted octanol–water partition coefficient (Wildman–Crippen LogP) is 5.75. The number of hydrogen-bond donors (Lipinski definition) is 1. The first-order valence-corrected chi connectivity index (χ1v) is 13.0. The number of halogens is 1.